The molecule has 0 aliphatic heterocycles. The average Bonchev–Trinajstić information content (AvgIpc) is 3.15. The minimum atomic E-state index is -0.317. The molecule has 150 valence electrons. The number of rotatable bonds is 8. The molecule has 0 radical (unpaired) electrons. The molecule has 0 saturated carbocycles. The monoisotopic (exact) mass is 409 g/mol. The summed E-state index contributed by atoms with van der Waals surface area (Å²) < 4.78 is 2.00. The van der Waals surface area contributed by atoms with Crippen molar-refractivity contribution in [1.82, 2.24) is 19.7 Å². The van der Waals surface area contributed by atoms with Gasteiger partial charge in [0.2, 0.25) is 5.91 Å². The molecule has 0 spiro atoms. The molecule has 0 fully saturated rings. The lowest BCUT2D eigenvalue weighted by Crippen LogP contribution is -2.25. The molecule has 3 aromatic rings. The molecule has 1 amide bonds. The van der Waals surface area contributed by atoms with Crippen molar-refractivity contribution in [2.75, 3.05) is 5.32 Å². The van der Waals surface area contributed by atoms with Gasteiger partial charge in [0, 0.05) is 35.8 Å². The quantitative estimate of drug-likeness (QED) is 0.445. The van der Waals surface area contributed by atoms with E-state index >= 15 is 0 Å². The first-order chi connectivity index (χ1) is 14.0. The van der Waals surface area contributed by atoms with Crippen molar-refractivity contribution < 1.29 is 9.59 Å². The summed E-state index contributed by atoms with van der Waals surface area (Å²) in [5.74, 6) is 0.644. The van der Waals surface area contributed by atoms with Gasteiger partial charge in [-0.2, -0.15) is 0 Å². The van der Waals surface area contributed by atoms with Crippen LogP contribution in [0.5, 0.6) is 0 Å². The van der Waals surface area contributed by atoms with Gasteiger partial charge in [0.15, 0.2) is 16.8 Å². The third-order valence-corrected chi connectivity index (χ3v) is 5.79. The molecule has 3 rings (SSSR count). The number of carbonyl (C=O) groups is 2. The van der Waals surface area contributed by atoms with Gasteiger partial charge in [-0.15, -0.1) is 10.2 Å². The van der Waals surface area contributed by atoms with Crippen LogP contribution in [0.1, 0.15) is 37.6 Å². The second kappa shape index (κ2) is 9.47. The molecule has 1 aromatic carbocycles. The fourth-order valence-corrected chi connectivity index (χ4v) is 3.85. The molecule has 0 aliphatic carbocycles. The Morgan fingerprint density at radius 1 is 1.07 bits per heavy atom. The number of hydrogen-bond acceptors (Lipinski definition) is 6. The number of hydrogen-bond donors (Lipinski definition) is 1. The van der Waals surface area contributed by atoms with Crippen LogP contribution in [-0.4, -0.2) is 36.7 Å². The molecule has 0 saturated heterocycles. The van der Waals surface area contributed by atoms with Gasteiger partial charge in [-0.25, -0.2) is 0 Å². The molecule has 29 heavy (non-hydrogen) atoms. The molecular formula is C21H23N5O2S. The fraction of sp³-hybridized carbons (Fsp3) is 0.286. The summed E-state index contributed by atoms with van der Waals surface area (Å²) in [5.41, 5.74) is 2.21. The van der Waals surface area contributed by atoms with Crippen LogP contribution in [0.3, 0.4) is 0 Å². The maximum Gasteiger partial charge on any atom is 0.237 e. The van der Waals surface area contributed by atoms with Gasteiger partial charge >= 0.3 is 0 Å². The smallest absolute Gasteiger partial charge is 0.237 e. The SMILES string of the molecule is CCC(Sc1nnc(-c2ccncc2)n1CC)C(=O)Nc1ccc(C(C)=O)cc1. The molecule has 8 heteroatoms. The number of nitrogens with zero attached hydrogens (tertiary/aromatic N) is 4. The van der Waals surface area contributed by atoms with Crippen molar-refractivity contribution >= 4 is 29.1 Å². The van der Waals surface area contributed by atoms with Gasteiger partial charge in [-0.3, -0.25) is 14.6 Å². The highest BCUT2D eigenvalue weighted by molar-refractivity contribution is 8.00. The maximum absolute atomic E-state index is 12.8. The van der Waals surface area contributed by atoms with E-state index in [1.54, 1.807) is 36.7 Å². The zero-order valence-corrected chi connectivity index (χ0v) is 17.4. The number of amides is 1. The minimum absolute atomic E-state index is 0.00577. The maximum atomic E-state index is 12.8. The van der Waals surface area contributed by atoms with Crippen LogP contribution >= 0.6 is 11.8 Å². The predicted molar refractivity (Wildman–Crippen MR) is 114 cm³/mol. The summed E-state index contributed by atoms with van der Waals surface area (Å²) in [6.45, 7) is 6.20. The molecule has 0 aliphatic rings. The number of benzene rings is 1. The fourth-order valence-electron chi connectivity index (χ4n) is 2.84. The van der Waals surface area contributed by atoms with E-state index in [1.165, 1.54) is 18.7 Å². The van der Waals surface area contributed by atoms with Gasteiger partial charge in [-0.05, 0) is 56.7 Å². The molecule has 2 heterocycles. The number of aromatic nitrogens is 4. The van der Waals surface area contributed by atoms with E-state index in [1.807, 2.05) is 30.5 Å². The highest BCUT2D eigenvalue weighted by atomic mass is 32.2. The van der Waals surface area contributed by atoms with E-state index in [9.17, 15) is 9.59 Å². The lowest BCUT2D eigenvalue weighted by atomic mass is 10.1. The summed E-state index contributed by atoms with van der Waals surface area (Å²) in [4.78, 5) is 28.2. The van der Waals surface area contributed by atoms with Crippen LogP contribution in [0.2, 0.25) is 0 Å². The van der Waals surface area contributed by atoms with Crippen LogP contribution in [0.4, 0.5) is 5.69 Å². The van der Waals surface area contributed by atoms with Gasteiger partial charge < -0.3 is 9.88 Å². The second-order valence-electron chi connectivity index (χ2n) is 6.42. The van der Waals surface area contributed by atoms with Gasteiger partial charge in [-0.1, -0.05) is 18.7 Å². The summed E-state index contributed by atoms with van der Waals surface area (Å²) in [6, 6.07) is 10.7. The summed E-state index contributed by atoms with van der Waals surface area (Å²) in [6.07, 6.45) is 4.08. The number of carbonyl (C=O) groups excluding carboxylic acids is 2. The molecular weight excluding hydrogens is 386 g/mol. The first-order valence-electron chi connectivity index (χ1n) is 9.45. The number of anilines is 1. The number of pyridine rings is 1. The van der Waals surface area contributed by atoms with Crippen molar-refractivity contribution in [3.63, 3.8) is 0 Å². The zero-order chi connectivity index (χ0) is 20.8. The van der Waals surface area contributed by atoms with E-state index < -0.39 is 0 Å². The third-order valence-electron chi connectivity index (χ3n) is 4.44. The molecule has 7 nitrogen and oxygen atoms in total. The van der Waals surface area contributed by atoms with Gasteiger partial charge in [0.25, 0.3) is 0 Å². The summed E-state index contributed by atoms with van der Waals surface area (Å²) >= 11 is 1.40. The number of nitrogens with one attached hydrogen (secondary N) is 1. The molecule has 0 bridgehead atoms. The van der Waals surface area contributed by atoms with Crippen molar-refractivity contribution in [3.8, 4) is 11.4 Å². The molecule has 1 N–H and O–H groups in total. The van der Waals surface area contributed by atoms with Gasteiger partial charge in [0.1, 0.15) is 0 Å². The Balaban J connectivity index is 1.75. The Labute approximate surface area is 174 Å². The summed E-state index contributed by atoms with van der Waals surface area (Å²) in [5, 5.41) is 11.9. The highest BCUT2D eigenvalue weighted by Crippen LogP contribution is 2.28. The van der Waals surface area contributed by atoms with E-state index in [-0.39, 0.29) is 16.9 Å². The van der Waals surface area contributed by atoms with E-state index in [0.29, 0.717) is 29.4 Å². The molecule has 1 unspecified atom stereocenters. The number of thioether (sulfide) groups is 1. The normalized spacial score (nSPS) is 11.8. The van der Waals surface area contributed by atoms with E-state index in [0.717, 1.165) is 11.4 Å². The lowest BCUT2D eigenvalue weighted by Gasteiger charge is -2.15. The van der Waals surface area contributed by atoms with Crippen LogP contribution in [0.25, 0.3) is 11.4 Å². The first-order valence-corrected chi connectivity index (χ1v) is 10.3. The molecule has 2 aromatic heterocycles. The zero-order valence-electron chi connectivity index (χ0n) is 16.6. The predicted octanol–water partition coefficient (Wildman–Crippen LogP) is 4.07. The van der Waals surface area contributed by atoms with Crippen LogP contribution < -0.4 is 5.32 Å². The Bertz CT molecular complexity index is 986. The first kappa shape index (κ1) is 20.7. The van der Waals surface area contributed by atoms with Crippen molar-refractivity contribution in [1.29, 1.82) is 0 Å². The third kappa shape index (κ3) is 4.89. The average molecular weight is 410 g/mol. The Morgan fingerprint density at radius 2 is 1.76 bits per heavy atom. The van der Waals surface area contributed by atoms with Crippen LogP contribution in [0, 0.1) is 0 Å². The topological polar surface area (TPSA) is 89.8 Å². The number of ketones is 1. The largest absolute Gasteiger partial charge is 0.325 e. The van der Waals surface area contributed by atoms with Crippen molar-refractivity contribution in [2.45, 2.75) is 44.1 Å². The standard InChI is InChI=1S/C21H23N5O2S/c1-4-18(20(28)23-17-8-6-15(7-9-17)14(3)27)29-21-25-24-19(26(21)5-2)16-10-12-22-13-11-16/h6-13,18H,4-5H2,1-3H3,(H,23,28). The van der Waals surface area contributed by atoms with Crippen molar-refractivity contribution in [2.24, 2.45) is 0 Å². The Morgan fingerprint density at radius 3 is 2.34 bits per heavy atom. The highest BCUT2D eigenvalue weighted by Gasteiger charge is 2.22. The second-order valence-corrected chi connectivity index (χ2v) is 7.59. The van der Waals surface area contributed by atoms with Gasteiger partial charge in [0.05, 0.1) is 5.25 Å². The molecule has 1 atom stereocenters. The Hall–Kier alpha value is -3.00. The van der Waals surface area contributed by atoms with E-state index in [4.69, 9.17) is 0 Å². The Kier molecular flexibility index (Phi) is 6.77. The summed E-state index contributed by atoms with van der Waals surface area (Å²) in [7, 11) is 0. The lowest BCUT2D eigenvalue weighted by molar-refractivity contribution is -0.115. The van der Waals surface area contributed by atoms with Crippen LogP contribution in [0.15, 0.2) is 53.9 Å². The van der Waals surface area contributed by atoms with E-state index in [2.05, 4.69) is 20.5 Å². The van der Waals surface area contributed by atoms with Crippen LogP contribution in [-0.2, 0) is 11.3 Å². The minimum Gasteiger partial charge on any atom is -0.325 e. The van der Waals surface area contributed by atoms with Crippen molar-refractivity contribution in [3.05, 3.63) is 54.4 Å². The number of Topliss-reactive ketones (excluding diaryl/α,β-unsaturated/α-hetero) is 1.